The fraction of sp³-hybridized carbons (Fsp3) is 0.600. The van der Waals surface area contributed by atoms with Gasteiger partial charge in [0.15, 0.2) is 0 Å². The van der Waals surface area contributed by atoms with E-state index in [1.54, 1.807) is 0 Å². The molecular formula is C40H64O4Ti. The minimum atomic E-state index is -0.227. The Morgan fingerprint density at radius 2 is 0.600 bits per heavy atom. The van der Waals surface area contributed by atoms with Crippen molar-refractivity contribution in [3.05, 3.63) is 95.2 Å². The largest absolute Gasteiger partial charge is 0.388 e. The first-order valence-electron chi connectivity index (χ1n) is 17.2. The number of rotatable bonds is 12. The average molecular weight is 657 g/mol. The Labute approximate surface area is 291 Å². The molecule has 0 aromatic heterocycles. The average Bonchev–Trinajstić information content (AvgIpc) is 3.89. The maximum absolute atomic E-state index is 9.71. The second-order valence-electron chi connectivity index (χ2n) is 12.8. The molecule has 0 heterocycles. The van der Waals surface area contributed by atoms with Crippen LogP contribution in [0, 0.1) is 23.7 Å². The molecule has 0 saturated carbocycles. The van der Waals surface area contributed by atoms with Crippen molar-refractivity contribution in [3.63, 3.8) is 0 Å². The van der Waals surface area contributed by atoms with Crippen LogP contribution >= 0.6 is 0 Å². The van der Waals surface area contributed by atoms with Gasteiger partial charge in [0.05, 0.1) is 24.4 Å². The van der Waals surface area contributed by atoms with Crippen LogP contribution in [-0.4, -0.2) is 44.8 Å². The zero-order chi connectivity index (χ0) is 33.1. The molecule has 8 atom stereocenters. The van der Waals surface area contributed by atoms with Gasteiger partial charge in [-0.3, -0.25) is 0 Å². The molecule has 4 rings (SSSR count). The summed E-state index contributed by atoms with van der Waals surface area (Å²) in [6, 6.07) is 0. The molecule has 5 heteroatoms. The van der Waals surface area contributed by atoms with Gasteiger partial charge in [0.2, 0.25) is 0 Å². The Bertz CT molecular complexity index is 892. The predicted molar refractivity (Wildman–Crippen MR) is 189 cm³/mol. The van der Waals surface area contributed by atoms with Crippen molar-refractivity contribution in [3.8, 4) is 0 Å². The third kappa shape index (κ3) is 15.7. The van der Waals surface area contributed by atoms with Crippen molar-refractivity contribution in [2.45, 2.75) is 131 Å². The maximum Gasteiger partial charge on any atom is 0.0781 e. The van der Waals surface area contributed by atoms with Crippen molar-refractivity contribution < 1.29 is 42.1 Å². The van der Waals surface area contributed by atoms with E-state index in [-0.39, 0.29) is 46.1 Å². The number of aliphatic hydroxyl groups is 4. The van der Waals surface area contributed by atoms with Crippen molar-refractivity contribution in [2.75, 3.05) is 0 Å². The fourth-order valence-electron chi connectivity index (χ4n) is 5.09. The molecule has 0 radical (unpaired) electrons. The SMILES string of the molecule is CCC(C)C(O)C1=CC=CC1.CCC(C)C(O)C1=CC=CC1.CCC(C)C(O)C1=CC=CC1.CCC(C)C(O)C1=CC=CC1.[Ti]. The van der Waals surface area contributed by atoms with Crippen LogP contribution in [0.3, 0.4) is 0 Å². The van der Waals surface area contributed by atoms with Crippen molar-refractivity contribution >= 4 is 0 Å². The summed E-state index contributed by atoms with van der Waals surface area (Å²) in [5.74, 6) is 1.56. The van der Waals surface area contributed by atoms with Crippen molar-refractivity contribution in [2.24, 2.45) is 23.7 Å². The van der Waals surface area contributed by atoms with Crippen LogP contribution in [-0.2, 0) is 21.7 Å². The molecule has 45 heavy (non-hydrogen) atoms. The number of hydrogen-bond acceptors (Lipinski definition) is 4. The molecule has 0 fully saturated rings. The molecular weight excluding hydrogens is 592 g/mol. The van der Waals surface area contributed by atoms with Crippen LogP contribution in [0.2, 0.25) is 0 Å². The zero-order valence-corrected chi connectivity index (χ0v) is 31.1. The molecule has 0 bridgehead atoms. The summed E-state index contributed by atoms with van der Waals surface area (Å²) in [6.07, 6.45) is 31.5. The zero-order valence-electron chi connectivity index (χ0n) is 29.5. The molecule has 0 aromatic rings. The Hall–Kier alpha value is -1.53. The third-order valence-corrected chi connectivity index (χ3v) is 9.45. The molecule has 0 saturated heterocycles. The Kier molecular flexibility index (Phi) is 23.8. The van der Waals surface area contributed by atoms with E-state index in [0.717, 1.165) is 51.4 Å². The van der Waals surface area contributed by atoms with Crippen molar-refractivity contribution in [1.29, 1.82) is 0 Å². The quantitative estimate of drug-likeness (QED) is 0.158. The van der Waals surface area contributed by atoms with Gasteiger partial charge in [0, 0.05) is 21.7 Å². The maximum atomic E-state index is 9.71. The number of allylic oxidation sites excluding steroid dienone is 12. The van der Waals surface area contributed by atoms with Crippen LogP contribution in [0.15, 0.2) is 95.2 Å². The third-order valence-electron chi connectivity index (χ3n) is 9.45. The van der Waals surface area contributed by atoms with Gasteiger partial charge in [0.25, 0.3) is 0 Å². The summed E-state index contributed by atoms with van der Waals surface area (Å²) in [5.41, 5.74) is 4.66. The minimum Gasteiger partial charge on any atom is -0.388 e. The smallest absolute Gasteiger partial charge is 0.0781 e. The summed E-state index contributed by atoms with van der Waals surface area (Å²) in [7, 11) is 0. The number of aliphatic hydroxyl groups excluding tert-OH is 4. The summed E-state index contributed by atoms with van der Waals surface area (Å²) in [6.45, 7) is 16.8. The van der Waals surface area contributed by atoms with E-state index in [0.29, 0.717) is 23.7 Å². The van der Waals surface area contributed by atoms with E-state index in [1.807, 2.05) is 48.6 Å². The van der Waals surface area contributed by atoms with Gasteiger partial charge in [-0.15, -0.1) is 0 Å². The second-order valence-corrected chi connectivity index (χ2v) is 12.8. The van der Waals surface area contributed by atoms with E-state index in [1.165, 1.54) is 22.3 Å². The molecule has 252 valence electrons. The summed E-state index contributed by atoms with van der Waals surface area (Å²) in [5, 5.41) is 38.8. The molecule has 0 aliphatic heterocycles. The topological polar surface area (TPSA) is 80.9 Å². The summed E-state index contributed by atoms with van der Waals surface area (Å²) in [4.78, 5) is 0. The second kappa shape index (κ2) is 24.6. The first kappa shape index (κ1) is 43.5. The first-order chi connectivity index (χ1) is 21.0. The Morgan fingerprint density at radius 1 is 0.422 bits per heavy atom. The molecule has 4 aliphatic carbocycles. The normalized spacial score (nSPS) is 21.1. The van der Waals surface area contributed by atoms with Crippen LogP contribution in [0.1, 0.15) is 107 Å². The molecule has 4 nitrogen and oxygen atoms in total. The van der Waals surface area contributed by atoms with E-state index < -0.39 is 0 Å². The Morgan fingerprint density at radius 3 is 0.711 bits per heavy atom. The molecule has 4 aliphatic rings. The van der Waals surface area contributed by atoms with E-state index in [9.17, 15) is 20.4 Å². The van der Waals surface area contributed by atoms with Gasteiger partial charge >= 0.3 is 0 Å². The summed E-state index contributed by atoms with van der Waals surface area (Å²) >= 11 is 0. The van der Waals surface area contributed by atoms with Crippen molar-refractivity contribution in [1.82, 2.24) is 0 Å². The van der Waals surface area contributed by atoms with E-state index in [2.05, 4.69) is 79.7 Å². The fourth-order valence-corrected chi connectivity index (χ4v) is 5.09. The van der Waals surface area contributed by atoms with Gasteiger partial charge in [-0.2, -0.15) is 0 Å². The predicted octanol–water partition coefficient (Wildman–Crippen LogP) is 9.12. The van der Waals surface area contributed by atoms with Crippen LogP contribution in [0.4, 0.5) is 0 Å². The summed E-state index contributed by atoms with van der Waals surface area (Å²) < 4.78 is 0. The van der Waals surface area contributed by atoms with Crippen LogP contribution in [0.25, 0.3) is 0 Å². The molecule has 0 spiro atoms. The van der Waals surface area contributed by atoms with Crippen LogP contribution < -0.4 is 0 Å². The first-order valence-corrected chi connectivity index (χ1v) is 17.2. The van der Waals surface area contributed by atoms with Gasteiger partial charge in [0.1, 0.15) is 0 Å². The number of hydrogen-bond donors (Lipinski definition) is 4. The minimum absolute atomic E-state index is 0. The Balaban J connectivity index is 0.000000569. The molecule has 0 aromatic carbocycles. The molecule has 8 unspecified atom stereocenters. The van der Waals surface area contributed by atoms with E-state index in [4.69, 9.17) is 0 Å². The van der Waals surface area contributed by atoms with E-state index >= 15 is 0 Å². The van der Waals surface area contributed by atoms with Gasteiger partial charge in [-0.05, 0) is 71.6 Å². The standard InChI is InChI=1S/4C10H16O.Ti/c4*1-3-8(2)10(11)9-6-4-5-7-9;/h4*4-6,8,10-11H,3,7H2,1-2H3;. The monoisotopic (exact) mass is 656 g/mol. The van der Waals surface area contributed by atoms with Crippen LogP contribution in [0.5, 0.6) is 0 Å². The van der Waals surface area contributed by atoms with Gasteiger partial charge in [-0.25, -0.2) is 0 Å². The van der Waals surface area contributed by atoms with Gasteiger partial charge in [-0.1, -0.05) is 154 Å². The molecule has 0 amide bonds. The molecule has 4 N–H and O–H groups in total. The van der Waals surface area contributed by atoms with Gasteiger partial charge < -0.3 is 20.4 Å².